The third kappa shape index (κ3) is 4.82. The standard InChI is InChI=1S/C22H24ClN3O4S2/c1-2-32(28,29)19-9-4-3-6-16(19)21(27)26(11-10-25-12-14-30-15-13-25)22-24-20-17(23)7-5-8-18(20)31-22/h3-9H,2,10-15H2,1H3. The minimum atomic E-state index is -3.57. The Kier molecular flexibility index (Phi) is 7.11. The van der Waals surface area contributed by atoms with Crippen molar-refractivity contribution in [2.45, 2.75) is 11.8 Å². The van der Waals surface area contributed by atoms with E-state index < -0.39 is 9.84 Å². The number of anilines is 1. The summed E-state index contributed by atoms with van der Waals surface area (Å²) >= 11 is 7.68. The van der Waals surface area contributed by atoms with Gasteiger partial charge in [0.05, 0.1) is 39.1 Å². The van der Waals surface area contributed by atoms with Crippen molar-refractivity contribution in [3.63, 3.8) is 0 Å². The van der Waals surface area contributed by atoms with E-state index >= 15 is 0 Å². The molecule has 0 unspecified atom stereocenters. The maximum atomic E-state index is 13.7. The molecule has 1 aliphatic heterocycles. The predicted octanol–water partition coefficient (Wildman–Crippen LogP) is 3.72. The molecule has 10 heteroatoms. The number of nitrogens with zero attached hydrogens (tertiary/aromatic N) is 3. The van der Waals surface area contributed by atoms with Crippen LogP contribution in [0.5, 0.6) is 0 Å². The molecule has 1 amide bonds. The van der Waals surface area contributed by atoms with Crippen molar-refractivity contribution >= 4 is 54.0 Å². The van der Waals surface area contributed by atoms with E-state index in [0.29, 0.717) is 42.0 Å². The number of aromatic nitrogens is 1. The summed E-state index contributed by atoms with van der Waals surface area (Å²) in [5, 5.41) is 1.01. The van der Waals surface area contributed by atoms with Crippen LogP contribution in [0.2, 0.25) is 5.02 Å². The number of hydrogen-bond donors (Lipinski definition) is 0. The zero-order chi connectivity index (χ0) is 22.7. The summed E-state index contributed by atoms with van der Waals surface area (Å²) in [6.07, 6.45) is 0. The lowest BCUT2D eigenvalue weighted by Gasteiger charge is -2.29. The number of thiazole rings is 1. The van der Waals surface area contributed by atoms with Crippen LogP contribution in [0.1, 0.15) is 17.3 Å². The number of rotatable bonds is 7. The highest BCUT2D eigenvalue weighted by atomic mass is 35.5. The van der Waals surface area contributed by atoms with Gasteiger partial charge in [-0.25, -0.2) is 13.4 Å². The van der Waals surface area contributed by atoms with Gasteiger partial charge in [0, 0.05) is 26.2 Å². The van der Waals surface area contributed by atoms with Gasteiger partial charge in [-0.05, 0) is 24.3 Å². The van der Waals surface area contributed by atoms with Gasteiger partial charge in [-0.15, -0.1) is 0 Å². The van der Waals surface area contributed by atoms with Gasteiger partial charge in [0.25, 0.3) is 5.91 Å². The van der Waals surface area contributed by atoms with Crippen molar-refractivity contribution in [2.75, 3.05) is 50.0 Å². The number of carbonyl (C=O) groups excluding carboxylic acids is 1. The lowest BCUT2D eigenvalue weighted by Crippen LogP contribution is -2.43. The summed E-state index contributed by atoms with van der Waals surface area (Å²) in [6, 6.07) is 11.9. The Hall–Kier alpha value is -2.04. The van der Waals surface area contributed by atoms with Crippen LogP contribution in [-0.2, 0) is 14.6 Å². The summed E-state index contributed by atoms with van der Waals surface area (Å²) in [5.41, 5.74) is 0.787. The van der Waals surface area contributed by atoms with Gasteiger partial charge in [0.15, 0.2) is 15.0 Å². The van der Waals surface area contributed by atoms with Gasteiger partial charge in [-0.3, -0.25) is 14.6 Å². The summed E-state index contributed by atoms with van der Waals surface area (Å²) in [4.78, 5) is 22.2. The highest BCUT2D eigenvalue weighted by molar-refractivity contribution is 7.91. The van der Waals surface area contributed by atoms with Gasteiger partial charge in [-0.1, -0.05) is 48.1 Å². The first-order chi connectivity index (χ1) is 15.4. The van der Waals surface area contributed by atoms with Crippen molar-refractivity contribution in [3.8, 4) is 0 Å². The molecule has 0 spiro atoms. The molecular weight excluding hydrogens is 470 g/mol. The first-order valence-electron chi connectivity index (χ1n) is 10.4. The fraction of sp³-hybridized carbons (Fsp3) is 0.364. The number of amides is 1. The average molecular weight is 494 g/mol. The molecule has 1 saturated heterocycles. The van der Waals surface area contributed by atoms with E-state index in [2.05, 4.69) is 9.88 Å². The first-order valence-corrected chi connectivity index (χ1v) is 13.2. The second kappa shape index (κ2) is 9.84. The number of ether oxygens (including phenoxy) is 1. The van der Waals surface area contributed by atoms with Gasteiger partial charge in [-0.2, -0.15) is 0 Å². The average Bonchev–Trinajstić information content (AvgIpc) is 3.25. The molecule has 2 heterocycles. The number of morpholine rings is 1. The van der Waals surface area contributed by atoms with E-state index in [1.54, 1.807) is 36.1 Å². The zero-order valence-corrected chi connectivity index (χ0v) is 20.0. The van der Waals surface area contributed by atoms with Crippen LogP contribution in [0.3, 0.4) is 0 Å². The Balaban J connectivity index is 1.73. The molecule has 2 aromatic carbocycles. The van der Waals surface area contributed by atoms with Crippen molar-refractivity contribution in [1.29, 1.82) is 0 Å². The van der Waals surface area contributed by atoms with E-state index in [1.807, 2.05) is 12.1 Å². The molecule has 0 bridgehead atoms. The fourth-order valence-electron chi connectivity index (χ4n) is 3.58. The van der Waals surface area contributed by atoms with E-state index in [9.17, 15) is 13.2 Å². The normalized spacial score (nSPS) is 15.2. The van der Waals surface area contributed by atoms with Crippen LogP contribution in [-0.4, -0.2) is 69.4 Å². The smallest absolute Gasteiger partial charge is 0.261 e. The molecule has 0 aliphatic carbocycles. The summed E-state index contributed by atoms with van der Waals surface area (Å²) < 4.78 is 31.6. The Morgan fingerprint density at radius 3 is 2.66 bits per heavy atom. The van der Waals surface area contributed by atoms with E-state index in [1.165, 1.54) is 17.4 Å². The molecule has 1 aromatic heterocycles. The monoisotopic (exact) mass is 493 g/mol. The first kappa shape index (κ1) is 23.1. The topological polar surface area (TPSA) is 79.8 Å². The SMILES string of the molecule is CCS(=O)(=O)c1ccccc1C(=O)N(CCN1CCOCC1)c1nc2c(Cl)cccc2s1. The Bertz CT molecular complexity index is 1220. The molecule has 3 aromatic rings. The van der Waals surface area contributed by atoms with Gasteiger partial charge < -0.3 is 4.74 Å². The van der Waals surface area contributed by atoms with Crippen molar-refractivity contribution in [3.05, 3.63) is 53.1 Å². The number of fused-ring (bicyclic) bond motifs is 1. The van der Waals surface area contributed by atoms with Crippen LogP contribution >= 0.6 is 22.9 Å². The van der Waals surface area contributed by atoms with E-state index in [-0.39, 0.29) is 22.1 Å². The van der Waals surface area contributed by atoms with Gasteiger partial charge in [0.1, 0.15) is 5.52 Å². The molecule has 0 atom stereocenters. The summed E-state index contributed by atoms with van der Waals surface area (Å²) in [6.45, 7) is 5.45. The Labute approximate surface area is 196 Å². The van der Waals surface area contributed by atoms with Crippen LogP contribution in [0.15, 0.2) is 47.4 Å². The van der Waals surface area contributed by atoms with Gasteiger partial charge >= 0.3 is 0 Å². The quantitative estimate of drug-likeness (QED) is 0.499. The van der Waals surface area contributed by atoms with Crippen molar-refractivity contribution in [2.24, 2.45) is 0 Å². The van der Waals surface area contributed by atoms with Crippen molar-refractivity contribution < 1.29 is 17.9 Å². The number of halogens is 1. The summed E-state index contributed by atoms with van der Waals surface area (Å²) in [7, 11) is -3.57. The molecule has 4 rings (SSSR count). The minimum absolute atomic E-state index is 0.0445. The third-order valence-electron chi connectivity index (χ3n) is 5.41. The van der Waals surface area contributed by atoms with Crippen LogP contribution in [0.25, 0.3) is 10.2 Å². The lowest BCUT2D eigenvalue weighted by molar-refractivity contribution is 0.0391. The van der Waals surface area contributed by atoms with E-state index in [4.69, 9.17) is 16.3 Å². The lowest BCUT2D eigenvalue weighted by atomic mass is 10.2. The second-order valence-corrected chi connectivity index (χ2v) is 11.1. The number of para-hydroxylation sites is 1. The molecular formula is C22H24ClN3O4S2. The maximum Gasteiger partial charge on any atom is 0.261 e. The number of hydrogen-bond acceptors (Lipinski definition) is 7. The molecule has 0 saturated carbocycles. The fourth-order valence-corrected chi connectivity index (χ4v) is 5.96. The number of sulfone groups is 1. The third-order valence-corrected chi connectivity index (χ3v) is 8.55. The van der Waals surface area contributed by atoms with E-state index in [0.717, 1.165) is 17.8 Å². The Morgan fingerprint density at radius 2 is 1.94 bits per heavy atom. The number of benzene rings is 2. The maximum absolute atomic E-state index is 13.7. The summed E-state index contributed by atoms with van der Waals surface area (Å²) in [5.74, 6) is -0.469. The molecule has 1 aliphatic rings. The highest BCUT2D eigenvalue weighted by Gasteiger charge is 2.28. The van der Waals surface area contributed by atoms with Crippen LogP contribution in [0, 0.1) is 0 Å². The minimum Gasteiger partial charge on any atom is -0.379 e. The molecule has 7 nitrogen and oxygen atoms in total. The predicted molar refractivity (Wildman–Crippen MR) is 128 cm³/mol. The van der Waals surface area contributed by atoms with Gasteiger partial charge in [0.2, 0.25) is 0 Å². The highest BCUT2D eigenvalue weighted by Crippen LogP contribution is 2.34. The number of carbonyl (C=O) groups is 1. The molecule has 32 heavy (non-hydrogen) atoms. The zero-order valence-electron chi connectivity index (χ0n) is 17.7. The molecule has 1 fully saturated rings. The van der Waals surface area contributed by atoms with Crippen LogP contribution < -0.4 is 4.90 Å². The molecule has 170 valence electrons. The van der Waals surface area contributed by atoms with Crippen LogP contribution in [0.4, 0.5) is 5.13 Å². The van der Waals surface area contributed by atoms with Crippen molar-refractivity contribution in [1.82, 2.24) is 9.88 Å². The Morgan fingerprint density at radius 1 is 1.19 bits per heavy atom. The largest absolute Gasteiger partial charge is 0.379 e. The molecule has 0 N–H and O–H groups in total. The second-order valence-electron chi connectivity index (χ2n) is 7.39. The molecule has 0 radical (unpaired) electrons.